The molecule has 0 fully saturated rings. The molecule has 0 aliphatic heterocycles. The minimum absolute atomic E-state index is 0.313. The number of aromatic amines is 1. The van der Waals surface area contributed by atoms with Gasteiger partial charge in [-0.3, -0.25) is 4.79 Å². The number of carbonyl (C=O) groups is 1. The van der Waals surface area contributed by atoms with Gasteiger partial charge < -0.3 is 10.7 Å². The molecule has 3 heteroatoms. The number of amides is 1. The molecule has 0 aliphatic carbocycles. The normalized spacial score (nSPS) is 11.9. The van der Waals surface area contributed by atoms with E-state index in [4.69, 9.17) is 5.73 Å². The van der Waals surface area contributed by atoms with Gasteiger partial charge in [-0.1, -0.05) is 18.2 Å². The summed E-state index contributed by atoms with van der Waals surface area (Å²) in [5.41, 5.74) is 6.74. The molecule has 78 valence electrons. The number of benzene rings is 1. The van der Waals surface area contributed by atoms with Crippen molar-refractivity contribution in [1.29, 1.82) is 0 Å². The average molecular weight is 202 g/mol. The second-order valence-corrected chi connectivity index (χ2v) is 4.24. The first-order valence-corrected chi connectivity index (χ1v) is 4.90. The number of para-hydroxylation sites is 1. The molecule has 2 rings (SSSR count). The van der Waals surface area contributed by atoms with Crippen LogP contribution in [0.5, 0.6) is 0 Å². The fraction of sp³-hybridized carbons (Fsp3) is 0.250. The molecule has 1 aromatic heterocycles. The fourth-order valence-electron chi connectivity index (χ4n) is 1.72. The number of nitrogens with one attached hydrogen (secondary N) is 1. The van der Waals surface area contributed by atoms with Crippen molar-refractivity contribution in [3.8, 4) is 0 Å². The molecule has 0 radical (unpaired) electrons. The highest BCUT2D eigenvalue weighted by molar-refractivity contribution is 5.93. The standard InChI is InChI=1S/C12H14N2O/c1-12(2,11(13)15)9-7-14-10-6-4-3-5-8(9)10/h3-7,14H,1-2H3,(H2,13,15). The first kappa shape index (κ1) is 9.77. The molecule has 0 saturated heterocycles. The summed E-state index contributed by atoms with van der Waals surface area (Å²) in [5, 5.41) is 1.06. The number of hydrogen-bond donors (Lipinski definition) is 2. The van der Waals surface area contributed by atoms with Crippen LogP contribution >= 0.6 is 0 Å². The Morgan fingerprint density at radius 2 is 2.00 bits per heavy atom. The summed E-state index contributed by atoms with van der Waals surface area (Å²) < 4.78 is 0. The van der Waals surface area contributed by atoms with Crippen LogP contribution in [0.15, 0.2) is 30.5 Å². The molecule has 0 aliphatic rings. The molecule has 3 nitrogen and oxygen atoms in total. The summed E-state index contributed by atoms with van der Waals surface area (Å²) in [7, 11) is 0. The Kier molecular flexibility index (Phi) is 2.03. The van der Waals surface area contributed by atoms with E-state index in [0.717, 1.165) is 16.5 Å². The summed E-state index contributed by atoms with van der Waals surface area (Å²) in [6.07, 6.45) is 1.86. The van der Waals surface area contributed by atoms with Crippen LogP contribution < -0.4 is 5.73 Å². The molecule has 2 aromatic rings. The van der Waals surface area contributed by atoms with Crippen molar-refractivity contribution in [3.05, 3.63) is 36.0 Å². The largest absolute Gasteiger partial charge is 0.369 e. The summed E-state index contributed by atoms with van der Waals surface area (Å²) in [6, 6.07) is 7.89. The molecule has 15 heavy (non-hydrogen) atoms. The molecule has 0 spiro atoms. The molecule has 0 saturated carbocycles. The van der Waals surface area contributed by atoms with Gasteiger partial charge in [-0.05, 0) is 25.5 Å². The zero-order chi connectivity index (χ0) is 11.1. The highest BCUT2D eigenvalue weighted by Gasteiger charge is 2.29. The molecular weight excluding hydrogens is 188 g/mol. The Bertz CT molecular complexity index is 511. The SMILES string of the molecule is CC(C)(C(N)=O)c1c[nH]c2ccccc12. The quantitative estimate of drug-likeness (QED) is 0.768. The number of rotatable bonds is 2. The zero-order valence-electron chi connectivity index (χ0n) is 8.87. The molecule has 0 bridgehead atoms. The van der Waals surface area contributed by atoms with Gasteiger partial charge in [-0.2, -0.15) is 0 Å². The van der Waals surface area contributed by atoms with Gasteiger partial charge in [0.25, 0.3) is 0 Å². The maximum absolute atomic E-state index is 11.4. The highest BCUT2D eigenvalue weighted by atomic mass is 16.1. The minimum atomic E-state index is -0.639. The van der Waals surface area contributed by atoms with E-state index in [1.54, 1.807) is 0 Å². The van der Waals surface area contributed by atoms with E-state index in [1.165, 1.54) is 0 Å². The van der Waals surface area contributed by atoms with E-state index in [1.807, 2.05) is 44.3 Å². The summed E-state index contributed by atoms with van der Waals surface area (Å²) in [5.74, 6) is -0.313. The van der Waals surface area contributed by atoms with Crippen molar-refractivity contribution < 1.29 is 4.79 Å². The van der Waals surface area contributed by atoms with Crippen molar-refractivity contribution >= 4 is 16.8 Å². The summed E-state index contributed by atoms with van der Waals surface area (Å²) >= 11 is 0. The van der Waals surface area contributed by atoms with Crippen LogP contribution in [0.4, 0.5) is 0 Å². The lowest BCUT2D eigenvalue weighted by molar-refractivity contribution is -0.122. The predicted octanol–water partition coefficient (Wildman–Crippen LogP) is 1.93. The van der Waals surface area contributed by atoms with Gasteiger partial charge >= 0.3 is 0 Å². The lowest BCUT2D eigenvalue weighted by Crippen LogP contribution is -2.35. The van der Waals surface area contributed by atoms with Gasteiger partial charge in [0.15, 0.2) is 0 Å². The van der Waals surface area contributed by atoms with Crippen LogP contribution in [0.3, 0.4) is 0 Å². The maximum atomic E-state index is 11.4. The van der Waals surface area contributed by atoms with Gasteiger partial charge in [0, 0.05) is 17.1 Å². The van der Waals surface area contributed by atoms with E-state index in [-0.39, 0.29) is 5.91 Å². The number of fused-ring (bicyclic) bond motifs is 1. The molecular formula is C12H14N2O. The van der Waals surface area contributed by atoms with Crippen LogP contribution in [0.25, 0.3) is 10.9 Å². The van der Waals surface area contributed by atoms with Crippen LogP contribution in [-0.4, -0.2) is 10.9 Å². The summed E-state index contributed by atoms with van der Waals surface area (Å²) in [6.45, 7) is 3.68. The van der Waals surface area contributed by atoms with Crippen molar-refractivity contribution in [2.45, 2.75) is 19.3 Å². The van der Waals surface area contributed by atoms with E-state index < -0.39 is 5.41 Å². The maximum Gasteiger partial charge on any atom is 0.227 e. The summed E-state index contributed by atoms with van der Waals surface area (Å²) in [4.78, 5) is 14.5. The van der Waals surface area contributed by atoms with Gasteiger partial charge in [0.1, 0.15) is 0 Å². The molecule has 1 heterocycles. The number of carbonyl (C=O) groups excluding carboxylic acids is 1. The van der Waals surface area contributed by atoms with Crippen molar-refractivity contribution in [2.75, 3.05) is 0 Å². The second-order valence-electron chi connectivity index (χ2n) is 4.24. The number of aromatic nitrogens is 1. The monoisotopic (exact) mass is 202 g/mol. The average Bonchev–Trinajstić information content (AvgIpc) is 2.61. The van der Waals surface area contributed by atoms with Gasteiger partial charge in [-0.25, -0.2) is 0 Å². The Hall–Kier alpha value is -1.77. The predicted molar refractivity (Wildman–Crippen MR) is 60.5 cm³/mol. The van der Waals surface area contributed by atoms with Crippen molar-refractivity contribution in [1.82, 2.24) is 4.98 Å². The van der Waals surface area contributed by atoms with Gasteiger partial charge in [0.2, 0.25) is 5.91 Å². The molecule has 1 aromatic carbocycles. The third-order valence-corrected chi connectivity index (χ3v) is 2.88. The van der Waals surface area contributed by atoms with Crippen molar-refractivity contribution in [2.24, 2.45) is 5.73 Å². The van der Waals surface area contributed by atoms with E-state index in [2.05, 4.69) is 4.98 Å². The highest BCUT2D eigenvalue weighted by Crippen LogP contribution is 2.29. The van der Waals surface area contributed by atoms with E-state index in [0.29, 0.717) is 0 Å². The fourth-order valence-corrected chi connectivity index (χ4v) is 1.72. The van der Waals surface area contributed by atoms with Crippen molar-refractivity contribution in [3.63, 3.8) is 0 Å². The van der Waals surface area contributed by atoms with E-state index >= 15 is 0 Å². The molecule has 3 N–H and O–H groups in total. The first-order chi connectivity index (χ1) is 7.03. The van der Waals surface area contributed by atoms with E-state index in [9.17, 15) is 4.79 Å². The number of nitrogens with two attached hydrogens (primary N) is 1. The molecule has 1 amide bonds. The van der Waals surface area contributed by atoms with Crippen LogP contribution in [0, 0.1) is 0 Å². The van der Waals surface area contributed by atoms with Crippen LogP contribution in [-0.2, 0) is 10.2 Å². The Labute approximate surface area is 88.3 Å². The number of H-pyrrole nitrogens is 1. The van der Waals surface area contributed by atoms with Crippen LogP contribution in [0.1, 0.15) is 19.4 Å². The topological polar surface area (TPSA) is 58.9 Å². The van der Waals surface area contributed by atoms with Gasteiger partial charge in [0.05, 0.1) is 5.41 Å². The Balaban J connectivity index is 2.67. The third-order valence-electron chi connectivity index (χ3n) is 2.88. The Morgan fingerprint density at radius 3 is 2.67 bits per heavy atom. The number of hydrogen-bond acceptors (Lipinski definition) is 1. The number of primary amides is 1. The third kappa shape index (κ3) is 1.40. The Morgan fingerprint density at radius 1 is 1.33 bits per heavy atom. The van der Waals surface area contributed by atoms with Gasteiger partial charge in [-0.15, -0.1) is 0 Å². The lowest BCUT2D eigenvalue weighted by Gasteiger charge is -2.19. The molecule has 0 atom stereocenters. The first-order valence-electron chi connectivity index (χ1n) is 4.90. The molecule has 0 unspecified atom stereocenters. The zero-order valence-corrected chi connectivity index (χ0v) is 8.87. The second kappa shape index (κ2) is 3.12. The minimum Gasteiger partial charge on any atom is -0.369 e. The lowest BCUT2D eigenvalue weighted by atomic mass is 9.84. The van der Waals surface area contributed by atoms with Crippen LogP contribution in [0.2, 0.25) is 0 Å². The smallest absolute Gasteiger partial charge is 0.227 e.